The summed E-state index contributed by atoms with van der Waals surface area (Å²) in [5.41, 5.74) is 7.02. The molecule has 0 saturated carbocycles. The van der Waals surface area contributed by atoms with Crippen LogP contribution in [-0.2, 0) is 32.2 Å². The SMILES string of the molecule is C[C@@H]1CN(CCCn2c3c(c4c2CCCC4)CCCC3)C[C@H](C)N1. The molecule has 1 saturated heterocycles. The standard InChI is InChI=1S/C21H35N3/c1-16-14-23(15-17(2)22-16)12-7-13-24-20-10-5-3-8-18(20)19-9-4-6-11-21(19)24/h16-17,22H,3-15H2,1-2H3/t16-,17+. The minimum Gasteiger partial charge on any atom is -0.348 e. The third-order valence-corrected chi connectivity index (χ3v) is 6.38. The molecule has 1 N–H and O–H groups in total. The Morgan fingerprint density at radius 1 is 0.792 bits per heavy atom. The van der Waals surface area contributed by atoms with E-state index in [1.165, 1.54) is 84.0 Å². The van der Waals surface area contributed by atoms with E-state index in [2.05, 4.69) is 28.6 Å². The van der Waals surface area contributed by atoms with Crippen molar-refractivity contribution in [3.8, 4) is 0 Å². The third-order valence-electron chi connectivity index (χ3n) is 6.38. The molecule has 1 aromatic rings. The van der Waals surface area contributed by atoms with Crippen molar-refractivity contribution >= 4 is 0 Å². The molecule has 134 valence electrons. The monoisotopic (exact) mass is 329 g/mol. The molecule has 1 aromatic heterocycles. The summed E-state index contributed by atoms with van der Waals surface area (Å²) in [4.78, 5) is 2.67. The molecule has 4 rings (SSSR count). The van der Waals surface area contributed by atoms with E-state index in [-0.39, 0.29) is 0 Å². The highest BCUT2D eigenvalue weighted by Gasteiger charge is 2.26. The van der Waals surface area contributed by atoms with Gasteiger partial charge in [-0.3, -0.25) is 0 Å². The van der Waals surface area contributed by atoms with E-state index in [4.69, 9.17) is 0 Å². The molecule has 0 unspecified atom stereocenters. The molecule has 2 atom stereocenters. The average Bonchev–Trinajstić information content (AvgIpc) is 2.89. The van der Waals surface area contributed by atoms with Crippen LogP contribution >= 0.6 is 0 Å². The van der Waals surface area contributed by atoms with Crippen LogP contribution in [0.4, 0.5) is 0 Å². The van der Waals surface area contributed by atoms with Crippen LogP contribution in [-0.4, -0.2) is 41.2 Å². The number of rotatable bonds is 4. The third kappa shape index (κ3) is 3.30. The van der Waals surface area contributed by atoms with E-state index >= 15 is 0 Å². The first kappa shape index (κ1) is 16.7. The van der Waals surface area contributed by atoms with Gasteiger partial charge < -0.3 is 14.8 Å². The van der Waals surface area contributed by atoms with Crippen LogP contribution in [0.5, 0.6) is 0 Å². The lowest BCUT2D eigenvalue weighted by molar-refractivity contribution is 0.169. The molecule has 0 radical (unpaired) electrons. The lowest BCUT2D eigenvalue weighted by atomic mass is 9.89. The Morgan fingerprint density at radius 2 is 1.33 bits per heavy atom. The number of nitrogens with zero attached hydrogens (tertiary/aromatic N) is 2. The van der Waals surface area contributed by atoms with Gasteiger partial charge in [-0.15, -0.1) is 0 Å². The van der Waals surface area contributed by atoms with E-state index in [1.54, 1.807) is 22.5 Å². The van der Waals surface area contributed by atoms with Crippen LogP contribution in [0.15, 0.2) is 0 Å². The van der Waals surface area contributed by atoms with Gasteiger partial charge in [-0.25, -0.2) is 0 Å². The molecule has 0 spiro atoms. The molecule has 1 fully saturated rings. The van der Waals surface area contributed by atoms with Gasteiger partial charge in [0.15, 0.2) is 0 Å². The number of fused-ring (bicyclic) bond motifs is 3. The summed E-state index contributed by atoms with van der Waals surface area (Å²) in [6.07, 6.45) is 12.3. The predicted octanol–water partition coefficient (Wildman–Crippen LogP) is 3.32. The number of aromatic nitrogens is 1. The van der Waals surface area contributed by atoms with Crippen LogP contribution in [0.25, 0.3) is 0 Å². The summed E-state index contributed by atoms with van der Waals surface area (Å²) in [7, 11) is 0. The van der Waals surface area contributed by atoms with Crippen molar-refractivity contribution in [2.75, 3.05) is 19.6 Å². The summed E-state index contributed by atoms with van der Waals surface area (Å²) >= 11 is 0. The molecule has 0 amide bonds. The van der Waals surface area contributed by atoms with E-state index in [0.717, 1.165) is 0 Å². The molecular formula is C21H35N3. The second-order valence-electron chi connectivity index (χ2n) is 8.50. The summed E-state index contributed by atoms with van der Waals surface area (Å²) < 4.78 is 2.78. The number of nitrogens with one attached hydrogen (secondary N) is 1. The molecule has 1 aliphatic heterocycles. The Labute approximate surface area is 147 Å². The van der Waals surface area contributed by atoms with Crippen molar-refractivity contribution in [1.82, 2.24) is 14.8 Å². The van der Waals surface area contributed by atoms with Crippen LogP contribution in [0.3, 0.4) is 0 Å². The maximum absolute atomic E-state index is 3.65. The van der Waals surface area contributed by atoms with Crippen molar-refractivity contribution in [2.24, 2.45) is 0 Å². The Balaban J connectivity index is 1.44. The second-order valence-corrected chi connectivity index (χ2v) is 8.50. The molecule has 2 aliphatic carbocycles. The van der Waals surface area contributed by atoms with Crippen molar-refractivity contribution in [3.05, 3.63) is 22.5 Å². The molecule has 24 heavy (non-hydrogen) atoms. The van der Waals surface area contributed by atoms with E-state index < -0.39 is 0 Å². The Bertz CT molecular complexity index is 531. The van der Waals surface area contributed by atoms with E-state index in [1.807, 2.05) is 0 Å². The lowest BCUT2D eigenvalue weighted by Crippen LogP contribution is -2.54. The zero-order chi connectivity index (χ0) is 16.5. The summed E-state index contributed by atoms with van der Waals surface area (Å²) in [5, 5.41) is 3.65. The highest BCUT2D eigenvalue weighted by Crippen LogP contribution is 2.34. The number of hydrogen-bond acceptors (Lipinski definition) is 2. The predicted molar refractivity (Wildman–Crippen MR) is 101 cm³/mol. The maximum Gasteiger partial charge on any atom is 0.0237 e. The van der Waals surface area contributed by atoms with Gasteiger partial charge in [0.05, 0.1) is 0 Å². The normalized spacial score (nSPS) is 27.8. The summed E-state index contributed by atoms with van der Waals surface area (Å²) in [6, 6.07) is 1.28. The maximum atomic E-state index is 3.65. The molecule has 2 heterocycles. The first-order chi connectivity index (χ1) is 11.7. The van der Waals surface area contributed by atoms with Crippen LogP contribution in [0.1, 0.15) is 68.5 Å². The first-order valence-electron chi connectivity index (χ1n) is 10.4. The summed E-state index contributed by atoms with van der Waals surface area (Å²) in [5.74, 6) is 0. The van der Waals surface area contributed by atoms with Crippen LogP contribution in [0.2, 0.25) is 0 Å². The van der Waals surface area contributed by atoms with Gasteiger partial charge in [-0.2, -0.15) is 0 Å². The fraction of sp³-hybridized carbons (Fsp3) is 0.810. The van der Waals surface area contributed by atoms with Gasteiger partial charge in [0.1, 0.15) is 0 Å². The first-order valence-corrected chi connectivity index (χ1v) is 10.4. The Morgan fingerprint density at radius 3 is 1.92 bits per heavy atom. The van der Waals surface area contributed by atoms with Crippen molar-refractivity contribution in [1.29, 1.82) is 0 Å². The van der Waals surface area contributed by atoms with Gasteiger partial charge in [-0.1, -0.05) is 0 Å². The molecule has 3 nitrogen and oxygen atoms in total. The largest absolute Gasteiger partial charge is 0.348 e. The topological polar surface area (TPSA) is 20.2 Å². The Kier molecular flexibility index (Phi) is 5.00. The zero-order valence-electron chi connectivity index (χ0n) is 15.7. The van der Waals surface area contributed by atoms with Crippen molar-refractivity contribution in [2.45, 2.75) is 90.3 Å². The zero-order valence-corrected chi connectivity index (χ0v) is 15.7. The lowest BCUT2D eigenvalue weighted by Gasteiger charge is -2.36. The molecular weight excluding hydrogens is 294 g/mol. The van der Waals surface area contributed by atoms with Gasteiger partial charge in [0.25, 0.3) is 0 Å². The number of piperazine rings is 1. The minimum atomic E-state index is 0.640. The molecule has 3 heteroatoms. The van der Waals surface area contributed by atoms with Crippen LogP contribution < -0.4 is 5.32 Å². The molecule has 0 bridgehead atoms. The average molecular weight is 330 g/mol. The summed E-state index contributed by atoms with van der Waals surface area (Å²) in [6.45, 7) is 9.59. The molecule has 3 aliphatic rings. The molecule has 0 aromatic carbocycles. The van der Waals surface area contributed by atoms with Gasteiger partial charge >= 0.3 is 0 Å². The highest BCUT2D eigenvalue weighted by atomic mass is 15.2. The quantitative estimate of drug-likeness (QED) is 0.914. The van der Waals surface area contributed by atoms with E-state index in [0.29, 0.717) is 12.1 Å². The van der Waals surface area contributed by atoms with Crippen molar-refractivity contribution < 1.29 is 0 Å². The van der Waals surface area contributed by atoms with Gasteiger partial charge in [0.2, 0.25) is 0 Å². The highest BCUT2D eigenvalue weighted by molar-refractivity contribution is 5.41. The second kappa shape index (κ2) is 7.21. The Hall–Kier alpha value is -0.800. The number of hydrogen-bond donors (Lipinski definition) is 1. The van der Waals surface area contributed by atoms with Gasteiger partial charge in [-0.05, 0) is 89.3 Å². The van der Waals surface area contributed by atoms with Crippen molar-refractivity contribution in [3.63, 3.8) is 0 Å². The van der Waals surface area contributed by atoms with E-state index in [9.17, 15) is 0 Å². The van der Waals surface area contributed by atoms with Gasteiger partial charge in [0, 0.05) is 43.1 Å². The minimum absolute atomic E-state index is 0.640. The van der Waals surface area contributed by atoms with Crippen LogP contribution in [0, 0.1) is 0 Å². The smallest absolute Gasteiger partial charge is 0.0237 e. The fourth-order valence-corrected chi connectivity index (χ4v) is 5.53. The fourth-order valence-electron chi connectivity index (χ4n) is 5.53.